The molecule has 112 valence electrons. The fraction of sp³-hybridized carbons (Fsp3) is 0. The second-order valence-electron chi connectivity index (χ2n) is 5.24. The normalized spacial score (nSPS) is 11.0. The average Bonchev–Trinajstić information content (AvgIpc) is 2.93. The van der Waals surface area contributed by atoms with Crippen LogP contribution in [0.2, 0.25) is 0 Å². The van der Waals surface area contributed by atoms with Crippen molar-refractivity contribution in [2.24, 2.45) is 0 Å². The molecule has 0 unspecified atom stereocenters. The Morgan fingerprint density at radius 3 is 2.48 bits per heavy atom. The number of carbonyl (C=O) groups excluding carboxylic acids is 1. The Morgan fingerprint density at radius 2 is 1.61 bits per heavy atom. The number of furan rings is 1. The second-order valence-corrected chi connectivity index (χ2v) is 6.10. The molecule has 0 aliphatic rings. The van der Waals surface area contributed by atoms with E-state index in [1.807, 2.05) is 60.7 Å². The van der Waals surface area contributed by atoms with E-state index in [9.17, 15) is 4.79 Å². The molecule has 1 heterocycles. The van der Waals surface area contributed by atoms with Gasteiger partial charge in [-0.2, -0.15) is 0 Å². The summed E-state index contributed by atoms with van der Waals surface area (Å²) in [6, 6.07) is 20.9. The SMILES string of the molecule is O=C(Nc1ccc2oc3ccccc3c2c1)c1ccccc1Br. The quantitative estimate of drug-likeness (QED) is 0.502. The predicted octanol–water partition coefficient (Wildman–Crippen LogP) is 5.60. The molecular formula is C19H12BrNO2. The third-order valence-corrected chi connectivity index (χ3v) is 4.44. The molecule has 0 aliphatic heterocycles. The van der Waals surface area contributed by atoms with E-state index in [0.717, 1.165) is 32.1 Å². The second kappa shape index (κ2) is 5.56. The van der Waals surface area contributed by atoms with Gasteiger partial charge in [-0.25, -0.2) is 0 Å². The molecule has 3 nitrogen and oxygen atoms in total. The lowest BCUT2D eigenvalue weighted by molar-refractivity contribution is 0.102. The summed E-state index contributed by atoms with van der Waals surface area (Å²) in [6.45, 7) is 0. The number of benzene rings is 3. The van der Waals surface area contributed by atoms with Crippen LogP contribution in [0.3, 0.4) is 0 Å². The van der Waals surface area contributed by atoms with Crippen LogP contribution < -0.4 is 5.32 Å². The molecule has 0 saturated heterocycles. The van der Waals surface area contributed by atoms with Crippen LogP contribution in [-0.4, -0.2) is 5.91 Å². The monoisotopic (exact) mass is 365 g/mol. The largest absolute Gasteiger partial charge is 0.456 e. The number of nitrogens with one attached hydrogen (secondary N) is 1. The van der Waals surface area contributed by atoms with Gasteiger partial charge in [-0.05, 0) is 52.3 Å². The standard InChI is InChI=1S/C19H12BrNO2/c20-16-7-3-1-6-14(16)19(22)21-12-9-10-18-15(11-12)13-5-2-4-8-17(13)23-18/h1-11H,(H,21,22). The van der Waals surface area contributed by atoms with E-state index in [0.29, 0.717) is 5.56 Å². The number of anilines is 1. The first-order valence-corrected chi connectivity index (χ1v) is 7.99. The van der Waals surface area contributed by atoms with Crippen LogP contribution in [0.4, 0.5) is 5.69 Å². The summed E-state index contributed by atoms with van der Waals surface area (Å²) in [7, 11) is 0. The van der Waals surface area contributed by atoms with E-state index < -0.39 is 0 Å². The highest BCUT2D eigenvalue weighted by atomic mass is 79.9. The fourth-order valence-electron chi connectivity index (χ4n) is 2.65. The van der Waals surface area contributed by atoms with E-state index >= 15 is 0 Å². The molecule has 0 bridgehead atoms. The molecule has 3 aromatic carbocycles. The molecule has 0 atom stereocenters. The topological polar surface area (TPSA) is 42.2 Å². The van der Waals surface area contributed by atoms with Crippen molar-refractivity contribution in [2.75, 3.05) is 5.32 Å². The number of amides is 1. The minimum absolute atomic E-state index is 0.148. The van der Waals surface area contributed by atoms with Crippen molar-refractivity contribution in [2.45, 2.75) is 0 Å². The molecule has 23 heavy (non-hydrogen) atoms. The molecule has 1 N–H and O–H groups in total. The maximum atomic E-state index is 12.4. The lowest BCUT2D eigenvalue weighted by Gasteiger charge is -2.06. The number of carbonyl (C=O) groups is 1. The maximum Gasteiger partial charge on any atom is 0.256 e. The zero-order chi connectivity index (χ0) is 15.8. The van der Waals surface area contributed by atoms with Crippen LogP contribution in [-0.2, 0) is 0 Å². The van der Waals surface area contributed by atoms with E-state index in [-0.39, 0.29) is 5.91 Å². The van der Waals surface area contributed by atoms with Crippen LogP contribution in [0.1, 0.15) is 10.4 Å². The van der Waals surface area contributed by atoms with Crippen molar-refractivity contribution in [1.82, 2.24) is 0 Å². The molecular weight excluding hydrogens is 354 g/mol. The summed E-state index contributed by atoms with van der Waals surface area (Å²) in [6.07, 6.45) is 0. The first kappa shape index (κ1) is 14.0. The van der Waals surface area contributed by atoms with E-state index in [2.05, 4.69) is 21.2 Å². The summed E-state index contributed by atoms with van der Waals surface area (Å²) in [5, 5.41) is 4.97. The lowest BCUT2D eigenvalue weighted by Crippen LogP contribution is -2.12. The van der Waals surface area contributed by atoms with Gasteiger partial charge in [-0.15, -0.1) is 0 Å². The van der Waals surface area contributed by atoms with Crippen LogP contribution >= 0.6 is 15.9 Å². The van der Waals surface area contributed by atoms with Crippen molar-refractivity contribution in [3.8, 4) is 0 Å². The van der Waals surface area contributed by atoms with E-state index in [1.165, 1.54) is 0 Å². The zero-order valence-electron chi connectivity index (χ0n) is 12.0. The third kappa shape index (κ3) is 2.51. The van der Waals surface area contributed by atoms with Gasteiger partial charge in [0.05, 0.1) is 5.56 Å². The average molecular weight is 366 g/mol. The van der Waals surface area contributed by atoms with Crippen LogP contribution in [0.5, 0.6) is 0 Å². The Balaban J connectivity index is 1.73. The number of hydrogen-bond donors (Lipinski definition) is 1. The van der Waals surface area contributed by atoms with Gasteiger partial charge in [-0.1, -0.05) is 30.3 Å². The van der Waals surface area contributed by atoms with E-state index in [4.69, 9.17) is 4.42 Å². The maximum absolute atomic E-state index is 12.4. The molecule has 4 heteroatoms. The number of fused-ring (bicyclic) bond motifs is 3. The number of para-hydroxylation sites is 1. The summed E-state index contributed by atoms with van der Waals surface area (Å²) in [5.41, 5.74) is 3.00. The van der Waals surface area contributed by atoms with Gasteiger partial charge in [0.25, 0.3) is 5.91 Å². The summed E-state index contributed by atoms with van der Waals surface area (Å²) >= 11 is 3.40. The summed E-state index contributed by atoms with van der Waals surface area (Å²) in [4.78, 5) is 12.4. The Hall–Kier alpha value is -2.59. The Labute approximate surface area is 141 Å². The number of rotatable bonds is 2. The van der Waals surface area contributed by atoms with Gasteiger partial charge in [0.2, 0.25) is 0 Å². The molecule has 0 aliphatic carbocycles. The van der Waals surface area contributed by atoms with Crippen LogP contribution in [0.25, 0.3) is 21.9 Å². The minimum atomic E-state index is -0.148. The molecule has 0 fully saturated rings. The van der Waals surface area contributed by atoms with Gasteiger partial charge in [0.15, 0.2) is 0 Å². The van der Waals surface area contributed by atoms with Gasteiger partial charge < -0.3 is 9.73 Å². The molecule has 0 spiro atoms. The van der Waals surface area contributed by atoms with Gasteiger partial charge in [-0.3, -0.25) is 4.79 Å². The number of hydrogen-bond acceptors (Lipinski definition) is 2. The highest BCUT2D eigenvalue weighted by Gasteiger charge is 2.11. The Kier molecular flexibility index (Phi) is 3.39. The predicted molar refractivity (Wildman–Crippen MR) is 95.8 cm³/mol. The molecule has 1 amide bonds. The van der Waals surface area contributed by atoms with Crippen LogP contribution in [0.15, 0.2) is 75.6 Å². The highest BCUT2D eigenvalue weighted by molar-refractivity contribution is 9.10. The minimum Gasteiger partial charge on any atom is -0.456 e. The molecule has 4 rings (SSSR count). The van der Waals surface area contributed by atoms with Crippen molar-refractivity contribution in [1.29, 1.82) is 0 Å². The first-order chi connectivity index (χ1) is 11.2. The smallest absolute Gasteiger partial charge is 0.256 e. The molecule has 0 radical (unpaired) electrons. The lowest BCUT2D eigenvalue weighted by atomic mass is 10.1. The molecule has 4 aromatic rings. The van der Waals surface area contributed by atoms with Gasteiger partial charge in [0, 0.05) is 20.9 Å². The third-order valence-electron chi connectivity index (χ3n) is 3.75. The van der Waals surface area contributed by atoms with Crippen molar-refractivity contribution < 1.29 is 9.21 Å². The Morgan fingerprint density at radius 1 is 0.870 bits per heavy atom. The van der Waals surface area contributed by atoms with Crippen LogP contribution in [0, 0.1) is 0 Å². The zero-order valence-corrected chi connectivity index (χ0v) is 13.6. The van der Waals surface area contributed by atoms with Gasteiger partial charge in [0.1, 0.15) is 11.2 Å². The summed E-state index contributed by atoms with van der Waals surface area (Å²) < 4.78 is 6.57. The van der Waals surface area contributed by atoms with Crippen molar-refractivity contribution >= 4 is 49.5 Å². The van der Waals surface area contributed by atoms with Crippen molar-refractivity contribution in [3.63, 3.8) is 0 Å². The van der Waals surface area contributed by atoms with Gasteiger partial charge >= 0.3 is 0 Å². The Bertz CT molecular complexity index is 1040. The van der Waals surface area contributed by atoms with E-state index in [1.54, 1.807) is 6.07 Å². The first-order valence-electron chi connectivity index (χ1n) is 7.19. The molecule has 0 saturated carbocycles. The summed E-state index contributed by atoms with van der Waals surface area (Å²) in [5.74, 6) is -0.148. The van der Waals surface area contributed by atoms with Crippen molar-refractivity contribution in [3.05, 3.63) is 76.8 Å². The highest BCUT2D eigenvalue weighted by Crippen LogP contribution is 2.30. The molecule has 1 aromatic heterocycles. The number of halogens is 1. The fourth-order valence-corrected chi connectivity index (χ4v) is 3.11.